The summed E-state index contributed by atoms with van der Waals surface area (Å²) in [5, 5.41) is 0.581. The fourth-order valence-corrected chi connectivity index (χ4v) is 3.08. The van der Waals surface area contributed by atoms with Crippen LogP contribution in [0.2, 0.25) is 0 Å². The summed E-state index contributed by atoms with van der Waals surface area (Å²) in [6, 6.07) is 5.37. The number of anilines is 1. The highest BCUT2D eigenvalue weighted by molar-refractivity contribution is 9.08. The fourth-order valence-electron chi connectivity index (χ4n) is 2.53. The van der Waals surface area contributed by atoms with Gasteiger partial charge in [-0.1, -0.05) is 35.8 Å². The van der Waals surface area contributed by atoms with Gasteiger partial charge in [0.25, 0.3) is 0 Å². The smallest absolute Gasteiger partial charge is 0.129 e. The van der Waals surface area contributed by atoms with Crippen molar-refractivity contribution in [2.75, 3.05) is 18.0 Å². The molecule has 0 N–H and O–H groups in total. The van der Waals surface area contributed by atoms with Crippen LogP contribution in [0, 0.1) is 17.7 Å². The first-order valence-electron chi connectivity index (χ1n) is 6.21. The second kappa shape index (κ2) is 5.38. The molecule has 1 aliphatic rings. The summed E-state index contributed by atoms with van der Waals surface area (Å²) in [4.78, 5) is 2.32. The number of rotatable bonds is 3. The Morgan fingerprint density at radius 3 is 2.82 bits per heavy atom. The van der Waals surface area contributed by atoms with Crippen molar-refractivity contribution in [2.24, 2.45) is 11.8 Å². The van der Waals surface area contributed by atoms with Crippen molar-refractivity contribution in [2.45, 2.75) is 25.6 Å². The van der Waals surface area contributed by atoms with Crippen molar-refractivity contribution in [3.05, 3.63) is 29.6 Å². The fraction of sp³-hybridized carbons (Fsp3) is 0.571. The first-order chi connectivity index (χ1) is 8.13. The minimum Gasteiger partial charge on any atom is -0.371 e. The summed E-state index contributed by atoms with van der Waals surface area (Å²) in [5.41, 5.74) is 1.85. The molecule has 0 aliphatic carbocycles. The molecule has 1 aromatic rings. The van der Waals surface area contributed by atoms with E-state index in [4.69, 9.17) is 0 Å². The van der Waals surface area contributed by atoms with Gasteiger partial charge >= 0.3 is 0 Å². The van der Waals surface area contributed by atoms with E-state index >= 15 is 0 Å². The van der Waals surface area contributed by atoms with Crippen molar-refractivity contribution in [3.63, 3.8) is 0 Å². The molecule has 0 spiro atoms. The molecular weight excluding hydrogens is 281 g/mol. The molecule has 1 heterocycles. The van der Waals surface area contributed by atoms with Gasteiger partial charge in [-0.2, -0.15) is 0 Å². The van der Waals surface area contributed by atoms with Gasteiger partial charge in [0, 0.05) is 29.7 Å². The molecule has 0 amide bonds. The van der Waals surface area contributed by atoms with Crippen LogP contribution in [0.1, 0.15) is 25.8 Å². The minimum absolute atomic E-state index is 0.104. The highest BCUT2D eigenvalue weighted by atomic mass is 79.9. The Morgan fingerprint density at radius 1 is 1.47 bits per heavy atom. The Bertz CT molecular complexity index is 392. The molecule has 0 bridgehead atoms. The van der Waals surface area contributed by atoms with Crippen molar-refractivity contribution in [1.29, 1.82) is 0 Å². The van der Waals surface area contributed by atoms with Gasteiger partial charge in [-0.05, 0) is 30.4 Å². The summed E-state index contributed by atoms with van der Waals surface area (Å²) in [5.74, 6) is 1.34. The van der Waals surface area contributed by atoms with E-state index in [2.05, 4.69) is 34.7 Å². The average Bonchev–Trinajstić information content (AvgIpc) is 2.77. The SMILES string of the molecule is CC(C)C1CCN(c2cccc(F)c2CBr)C1. The molecule has 0 saturated carbocycles. The number of halogens is 2. The molecule has 2 rings (SSSR count). The lowest BCUT2D eigenvalue weighted by molar-refractivity contribution is 0.422. The van der Waals surface area contributed by atoms with Crippen molar-refractivity contribution < 1.29 is 4.39 Å². The first kappa shape index (κ1) is 12.9. The number of alkyl halides is 1. The highest BCUT2D eigenvalue weighted by Gasteiger charge is 2.26. The van der Waals surface area contributed by atoms with Crippen LogP contribution >= 0.6 is 15.9 Å². The number of hydrogen-bond donors (Lipinski definition) is 0. The van der Waals surface area contributed by atoms with Crippen LogP contribution in [0.3, 0.4) is 0 Å². The third-order valence-electron chi connectivity index (χ3n) is 3.74. The molecule has 1 nitrogen and oxygen atoms in total. The topological polar surface area (TPSA) is 3.24 Å². The number of benzene rings is 1. The zero-order valence-electron chi connectivity index (χ0n) is 10.4. The van der Waals surface area contributed by atoms with Gasteiger partial charge < -0.3 is 4.90 Å². The average molecular weight is 300 g/mol. The summed E-state index contributed by atoms with van der Waals surface area (Å²) >= 11 is 3.38. The maximum absolute atomic E-state index is 13.7. The monoisotopic (exact) mass is 299 g/mol. The van der Waals surface area contributed by atoms with Gasteiger partial charge in [0.15, 0.2) is 0 Å². The van der Waals surface area contributed by atoms with Gasteiger partial charge in [0.2, 0.25) is 0 Å². The predicted molar refractivity (Wildman–Crippen MR) is 74.2 cm³/mol. The Morgan fingerprint density at radius 2 is 2.24 bits per heavy atom. The lowest BCUT2D eigenvalue weighted by Gasteiger charge is -2.22. The van der Waals surface area contributed by atoms with Crippen LogP contribution < -0.4 is 4.90 Å². The van der Waals surface area contributed by atoms with Gasteiger partial charge in [0.1, 0.15) is 5.82 Å². The lowest BCUT2D eigenvalue weighted by atomic mass is 9.95. The molecule has 1 fully saturated rings. The first-order valence-corrected chi connectivity index (χ1v) is 7.34. The third kappa shape index (κ3) is 2.65. The van der Waals surface area contributed by atoms with Crippen molar-refractivity contribution >= 4 is 21.6 Å². The quantitative estimate of drug-likeness (QED) is 0.756. The van der Waals surface area contributed by atoms with E-state index < -0.39 is 0 Å². The van der Waals surface area contributed by atoms with Crippen LogP contribution in [-0.2, 0) is 5.33 Å². The van der Waals surface area contributed by atoms with E-state index in [1.54, 1.807) is 6.07 Å². The molecule has 1 atom stereocenters. The molecule has 3 heteroatoms. The standard InChI is InChI=1S/C14H19BrFN/c1-10(2)11-6-7-17(9-11)14-5-3-4-13(16)12(14)8-15/h3-5,10-11H,6-9H2,1-2H3. The third-order valence-corrected chi connectivity index (χ3v) is 4.30. The number of nitrogens with zero attached hydrogens (tertiary/aromatic N) is 1. The molecule has 1 aromatic carbocycles. The zero-order chi connectivity index (χ0) is 12.4. The normalized spacial score (nSPS) is 20.3. The number of hydrogen-bond acceptors (Lipinski definition) is 1. The van der Waals surface area contributed by atoms with Crippen LogP contribution in [0.25, 0.3) is 0 Å². The summed E-state index contributed by atoms with van der Waals surface area (Å²) in [6.07, 6.45) is 1.22. The second-order valence-corrected chi connectivity index (χ2v) is 5.67. The van der Waals surface area contributed by atoms with Gasteiger partial charge in [-0.25, -0.2) is 4.39 Å². The zero-order valence-corrected chi connectivity index (χ0v) is 12.0. The van der Waals surface area contributed by atoms with Crippen molar-refractivity contribution in [3.8, 4) is 0 Å². The maximum Gasteiger partial charge on any atom is 0.129 e. The highest BCUT2D eigenvalue weighted by Crippen LogP contribution is 2.32. The van der Waals surface area contributed by atoms with E-state index in [0.29, 0.717) is 11.2 Å². The van der Waals surface area contributed by atoms with E-state index in [0.717, 1.165) is 30.3 Å². The molecular formula is C14H19BrFN. The maximum atomic E-state index is 13.7. The van der Waals surface area contributed by atoms with E-state index in [1.807, 2.05) is 6.07 Å². The molecule has 94 valence electrons. The molecule has 0 radical (unpaired) electrons. The van der Waals surface area contributed by atoms with Gasteiger partial charge in [0.05, 0.1) is 0 Å². The Hall–Kier alpha value is -0.570. The van der Waals surface area contributed by atoms with Crippen LogP contribution in [0.15, 0.2) is 18.2 Å². The van der Waals surface area contributed by atoms with Gasteiger partial charge in [-0.15, -0.1) is 0 Å². The molecule has 1 saturated heterocycles. The molecule has 1 aliphatic heterocycles. The summed E-state index contributed by atoms with van der Waals surface area (Å²) < 4.78 is 13.7. The van der Waals surface area contributed by atoms with Crippen LogP contribution in [-0.4, -0.2) is 13.1 Å². The lowest BCUT2D eigenvalue weighted by Crippen LogP contribution is -2.22. The van der Waals surface area contributed by atoms with E-state index in [1.165, 1.54) is 12.5 Å². The van der Waals surface area contributed by atoms with Crippen LogP contribution in [0.5, 0.6) is 0 Å². The van der Waals surface area contributed by atoms with E-state index in [-0.39, 0.29) is 5.82 Å². The van der Waals surface area contributed by atoms with Crippen molar-refractivity contribution in [1.82, 2.24) is 0 Å². The van der Waals surface area contributed by atoms with Crippen LogP contribution in [0.4, 0.5) is 10.1 Å². The molecule has 17 heavy (non-hydrogen) atoms. The summed E-state index contributed by atoms with van der Waals surface area (Å²) in [6.45, 7) is 6.64. The Labute approximate surface area is 111 Å². The Kier molecular flexibility index (Phi) is 4.08. The summed E-state index contributed by atoms with van der Waals surface area (Å²) in [7, 11) is 0. The van der Waals surface area contributed by atoms with E-state index in [9.17, 15) is 4.39 Å². The Balaban J connectivity index is 2.21. The predicted octanol–water partition coefficient (Wildman–Crippen LogP) is 4.20. The molecule has 1 unspecified atom stereocenters. The largest absolute Gasteiger partial charge is 0.371 e. The molecule has 0 aromatic heterocycles. The van der Waals surface area contributed by atoms with Gasteiger partial charge in [-0.3, -0.25) is 0 Å². The second-order valence-electron chi connectivity index (χ2n) is 5.11. The minimum atomic E-state index is -0.104.